The molecule has 0 heterocycles. The molecule has 1 aromatic rings. The molecule has 0 radical (unpaired) electrons. The minimum Gasteiger partial charge on any atom is -0.264 e. The van der Waals surface area contributed by atoms with Crippen molar-refractivity contribution in [1.82, 2.24) is 0 Å². The van der Waals surface area contributed by atoms with Crippen molar-refractivity contribution in [2.45, 2.75) is 13.2 Å². The Labute approximate surface area is 160 Å². The van der Waals surface area contributed by atoms with Crippen molar-refractivity contribution in [3.8, 4) is 0 Å². The molecule has 0 aromatic heterocycles. The van der Waals surface area contributed by atoms with Gasteiger partial charge in [-0.05, 0) is 63.7 Å². The second kappa shape index (κ2) is 7.84. The van der Waals surface area contributed by atoms with Gasteiger partial charge in [0, 0.05) is 29.0 Å². The first-order chi connectivity index (χ1) is 9.83. The number of hydrogen-bond donors (Lipinski definition) is 2. The van der Waals surface area contributed by atoms with E-state index in [-0.39, 0.29) is 0 Å². The van der Waals surface area contributed by atoms with Gasteiger partial charge in [-0.1, -0.05) is 0 Å². The van der Waals surface area contributed by atoms with E-state index < -0.39 is 34.0 Å². The fraction of sp³-hybridized carbons (Fsp3) is 0.250. The lowest BCUT2D eigenvalue weighted by Gasteiger charge is -2.15. The highest BCUT2D eigenvalue weighted by Gasteiger charge is 2.22. The van der Waals surface area contributed by atoms with Gasteiger partial charge in [0.2, 0.25) is 0 Å². The third-order valence-corrected chi connectivity index (χ3v) is 7.55. The first-order valence-corrected chi connectivity index (χ1v) is 10.8. The van der Waals surface area contributed by atoms with E-state index in [1.165, 1.54) is 0 Å². The third-order valence-electron chi connectivity index (χ3n) is 2.15. The Morgan fingerprint density at radius 3 is 1.09 bits per heavy atom. The van der Waals surface area contributed by atoms with Gasteiger partial charge in [-0.3, -0.25) is 9.11 Å². The maximum absolute atomic E-state index is 10.6. The largest absolute Gasteiger partial charge is 0.397 e. The number of benzene rings is 1. The third kappa shape index (κ3) is 6.07. The molecule has 0 saturated carbocycles. The van der Waals surface area contributed by atoms with Gasteiger partial charge in [-0.25, -0.2) is 8.37 Å². The van der Waals surface area contributed by atoms with Crippen LogP contribution in [0.25, 0.3) is 0 Å². The summed E-state index contributed by atoms with van der Waals surface area (Å²) in [5, 5.41) is 0. The SMILES string of the molecule is O=S(=O)(O)OCc1c(Br)c(Br)c(COS(=O)(=O)O)c(Br)c1Br. The van der Waals surface area contributed by atoms with Gasteiger partial charge in [-0.2, -0.15) is 16.8 Å². The molecule has 1 aromatic carbocycles. The lowest BCUT2D eigenvalue weighted by molar-refractivity contribution is 0.254. The monoisotopic (exact) mass is 610 g/mol. The zero-order valence-electron chi connectivity index (χ0n) is 10.1. The summed E-state index contributed by atoms with van der Waals surface area (Å²) in [6.07, 6.45) is 0. The number of hydrogen-bond acceptors (Lipinski definition) is 6. The van der Waals surface area contributed by atoms with Crippen LogP contribution in [0.15, 0.2) is 17.9 Å². The summed E-state index contributed by atoms with van der Waals surface area (Å²) in [5.74, 6) is 0. The highest BCUT2D eigenvalue weighted by molar-refractivity contribution is 9.14. The molecular weight excluding hydrogens is 608 g/mol. The molecule has 8 nitrogen and oxygen atoms in total. The summed E-state index contributed by atoms with van der Waals surface area (Å²) in [5.41, 5.74) is 0.624. The van der Waals surface area contributed by atoms with Crippen LogP contribution in [0.3, 0.4) is 0 Å². The number of rotatable bonds is 6. The van der Waals surface area contributed by atoms with Crippen LogP contribution in [0.5, 0.6) is 0 Å². The summed E-state index contributed by atoms with van der Waals surface area (Å²) >= 11 is 12.7. The average molecular weight is 614 g/mol. The Balaban J connectivity index is 3.26. The predicted molar refractivity (Wildman–Crippen MR) is 89.9 cm³/mol. The lowest BCUT2D eigenvalue weighted by atomic mass is 10.1. The first-order valence-electron chi connectivity index (χ1n) is 4.91. The van der Waals surface area contributed by atoms with E-state index in [0.717, 1.165) is 0 Å². The molecule has 14 heteroatoms. The zero-order chi connectivity index (χ0) is 17.3. The van der Waals surface area contributed by atoms with Crippen LogP contribution in [0.1, 0.15) is 11.1 Å². The molecule has 0 aliphatic rings. The normalized spacial score (nSPS) is 12.6. The van der Waals surface area contributed by atoms with E-state index in [1.54, 1.807) is 0 Å². The predicted octanol–water partition coefficient (Wildman–Crippen LogP) is 3.38. The zero-order valence-corrected chi connectivity index (χ0v) is 18.1. The number of halogens is 4. The summed E-state index contributed by atoms with van der Waals surface area (Å²) in [4.78, 5) is 0. The minimum absolute atomic E-state index is 0.312. The topological polar surface area (TPSA) is 127 Å². The Bertz CT molecular complexity index is 693. The van der Waals surface area contributed by atoms with Crippen molar-refractivity contribution < 1.29 is 34.3 Å². The molecule has 0 fully saturated rings. The van der Waals surface area contributed by atoms with E-state index in [0.29, 0.717) is 29.0 Å². The van der Waals surface area contributed by atoms with Gasteiger partial charge in [0.25, 0.3) is 0 Å². The van der Waals surface area contributed by atoms with E-state index >= 15 is 0 Å². The van der Waals surface area contributed by atoms with Crippen LogP contribution < -0.4 is 0 Å². The molecular formula is C8H6Br4O8S2. The molecule has 0 aliphatic carbocycles. The van der Waals surface area contributed by atoms with Crippen molar-refractivity contribution in [1.29, 1.82) is 0 Å². The van der Waals surface area contributed by atoms with Gasteiger partial charge >= 0.3 is 20.8 Å². The van der Waals surface area contributed by atoms with Crippen molar-refractivity contribution in [2.24, 2.45) is 0 Å². The van der Waals surface area contributed by atoms with Crippen LogP contribution in [-0.4, -0.2) is 25.9 Å². The first kappa shape index (κ1) is 20.9. The Morgan fingerprint density at radius 2 is 0.909 bits per heavy atom. The van der Waals surface area contributed by atoms with E-state index in [2.05, 4.69) is 72.1 Å². The van der Waals surface area contributed by atoms with Gasteiger partial charge in [-0.15, -0.1) is 0 Å². The minimum atomic E-state index is -4.63. The molecule has 0 unspecified atom stereocenters. The lowest BCUT2D eigenvalue weighted by Crippen LogP contribution is -2.08. The Hall–Kier alpha value is 0.880. The standard InChI is InChI=1S/C8H6Br4O8S2/c9-5-3(1-19-21(13,14)15)6(10)8(12)4(7(5)11)2-20-22(16,17)18/h1-2H2,(H,13,14,15)(H,16,17,18). The average Bonchev–Trinajstić information content (AvgIpc) is 2.33. The van der Waals surface area contributed by atoms with Crippen molar-refractivity contribution >= 4 is 84.5 Å². The maximum atomic E-state index is 10.6. The molecule has 0 atom stereocenters. The van der Waals surface area contributed by atoms with Crippen molar-refractivity contribution in [2.75, 3.05) is 0 Å². The smallest absolute Gasteiger partial charge is 0.264 e. The Morgan fingerprint density at radius 1 is 0.682 bits per heavy atom. The second-order valence-corrected chi connectivity index (χ2v) is 8.95. The molecule has 22 heavy (non-hydrogen) atoms. The fourth-order valence-corrected chi connectivity index (χ4v) is 4.52. The van der Waals surface area contributed by atoms with Gasteiger partial charge in [0.05, 0.1) is 13.2 Å². The van der Waals surface area contributed by atoms with Crippen molar-refractivity contribution in [3.05, 3.63) is 29.0 Å². The summed E-state index contributed by atoms with van der Waals surface area (Å²) in [6, 6.07) is 0. The quantitative estimate of drug-likeness (QED) is 0.369. The van der Waals surface area contributed by atoms with E-state index in [4.69, 9.17) is 9.11 Å². The molecule has 0 amide bonds. The van der Waals surface area contributed by atoms with Crippen molar-refractivity contribution in [3.63, 3.8) is 0 Å². The second-order valence-electron chi connectivity index (χ2n) is 3.59. The van der Waals surface area contributed by atoms with Crippen LogP contribution in [0, 0.1) is 0 Å². The Kier molecular flexibility index (Phi) is 7.46. The van der Waals surface area contributed by atoms with Crippen LogP contribution in [0.2, 0.25) is 0 Å². The molecule has 0 aliphatic heterocycles. The highest BCUT2D eigenvalue weighted by atomic mass is 79.9. The fourth-order valence-electron chi connectivity index (χ4n) is 1.24. The van der Waals surface area contributed by atoms with Crippen LogP contribution in [0.4, 0.5) is 0 Å². The van der Waals surface area contributed by atoms with E-state index in [9.17, 15) is 16.8 Å². The van der Waals surface area contributed by atoms with Gasteiger partial charge < -0.3 is 0 Å². The molecule has 0 bridgehead atoms. The summed E-state index contributed by atoms with van der Waals surface area (Å²) in [7, 11) is -9.26. The summed E-state index contributed by atoms with van der Waals surface area (Å²) < 4.78 is 69.7. The molecule has 2 N–H and O–H groups in total. The van der Waals surface area contributed by atoms with Gasteiger partial charge in [0.1, 0.15) is 0 Å². The molecule has 126 valence electrons. The maximum Gasteiger partial charge on any atom is 0.397 e. The van der Waals surface area contributed by atoms with Crippen LogP contribution in [-0.2, 0) is 42.4 Å². The molecule has 1 rings (SSSR count). The molecule has 0 saturated heterocycles. The summed E-state index contributed by atoms with van der Waals surface area (Å²) in [6.45, 7) is -0.979. The van der Waals surface area contributed by atoms with Gasteiger partial charge in [0.15, 0.2) is 0 Å². The molecule has 0 spiro atoms. The van der Waals surface area contributed by atoms with E-state index in [1.807, 2.05) is 0 Å². The highest BCUT2D eigenvalue weighted by Crippen LogP contribution is 2.42. The van der Waals surface area contributed by atoms with Crippen LogP contribution >= 0.6 is 63.7 Å².